The first kappa shape index (κ1) is 20.0. The SMILES string of the molecule is O=C(c1ccc(Cl)c(Cl)c1)N1CCN(S(=O)(=O)c2c(F)cccc2F)CC1. The highest BCUT2D eigenvalue weighted by molar-refractivity contribution is 7.89. The standard InChI is InChI=1S/C17H14Cl2F2N2O3S/c18-12-5-4-11(10-13(12)19)17(24)22-6-8-23(9-7-22)27(25,26)16-14(20)2-1-3-15(16)21/h1-5,10H,6-9H2. The summed E-state index contributed by atoms with van der Waals surface area (Å²) in [7, 11) is -4.34. The van der Waals surface area contributed by atoms with Gasteiger partial charge in [0.25, 0.3) is 5.91 Å². The molecule has 0 aromatic heterocycles. The lowest BCUT2D eigenvalue weighted by molar-refractivity contribution is 0.0697. The van der Waals surface area contributed by atoms with Crippen molar-refractivity contribution in [1.82, 2.24) is 9.21 Å². The number of carbonyl (C=O) groups excluding carboxylic acids is 1. The second-order valence-electron chi connectivity index (χ2n) is 5.88. The molecule has 0 atom stereocenters. The van der Waals surface area contributed by atoms with Gasteiger partial charge in [-0.2, -0.15) is 4.31 Å². The molecule has 0 saturated carbocycles. The van der Waals surface area contributed by atoms with Gasteiger partial charge in [-0.05, 0) is 30.3 Å². The minimum atomic E-state index is -4.34. The van der Waals surface area contributed by atoms with Gasteiger partial charge in [-0.1, -0.05) is 29.3 Å². The van der Waals surface area contributed by atoms with Gasteiger partial charge >= 0.3 is 0 Å². The molecular formula is C17H14Cl2F2N2O3S. The third-order valence-electron chi connectivity index (χ3n) is 4.21. The van der Waals surface area contributed by atoms with Crippen molar-refractivity contribution in [2.45, 2.75) is 4.90 Å². The summed E-state index contributed by atoms with van der Waals surface area (Å²) in [5.74, 6) is -2.63. The molecule has 0 spiro atoms. The van der Waals surface area contributed by atoms with Gasteiger partial charge in [0.05, 0.1) is 10.0 Å². The fraction of sp³-hybridized carbons (Fsp3) is 0.235. The quantitative estimate of drug-likeness (QED) is 0.743. The average Bonchev–Trinajstić information content (AvgIpc) is 2.63. The third-order valence-corrected chi connectivity index (χ3v) is 6.90. The highest BCUT2D eigenvalue weighted by Crippen LogP contribution is 2.25. The molecule has 1 aliphatic rings. The Hall–Kier alpha value is -1.74. The van der Waals surface area contributed by atoms with E-state index in [-0.39, 0.29) is 37.1 Å². The van der Waals surface area contributed by atoms with Crippen molar-refractivity contribution >= 4 is 39.1 Å². The maximum absolute atomic E-state index is 13.9. The molecule has 1 fully saturated rings. The summed E-state index contributed by atoms with van der Waals surface area (Å²) >= 11 is 11.7. The van der Waals surface area contributed by atoms with Crippen molar-refractivity contribution in [2.24, 2.45) is 0 Å². The highest BCUT2D eigenvalue weighted by Gasteiger charge is 2.34. The van der Waals surface area contributed by atoms with Crippen LogP contribution in [0.1, 0.15) is 10.4 Å². The number of rotatable bonds is 3. The molecular weight excluding hydrogens is 421 g/mol. The molecule has 1 saturated heterocycles. The van der Waals surface area contributed by atoms with Gasteiger partial charge in [-0.15, -0.1) is 0 Å². The number of hydrogen-bond donors (Lipinski definition) is 0. The van der Waals surface area contributed by atoms with Crippen LogP contribution < -0.4 is 0 Å². The molecule has 1 aliphatic heterocycles. The van der Waals surface area contributed by atoms with Crippen molar-refractivity contribution in [2.75, 3.05) is 26.2 Å². The summed E-state index contributed by atoms with van der Waals surface area (Å²) in [4.78, 5) is 13.0. The van der Waals surface area contributed by atoms with Crippen molar-refractivity contribution in [1.29, 1.82) is 0 Å². The smallest absolute Gasteiger partial charge is 0.253 e. The first-order chi connectivity index (χ1) is 12.7. The zero-order valence-corrected chi connectivity index (χ0v) is 16.2. The molecule has 0 bridgehead atoms. The van der Waals surface area contributed by atoms with Crippen LogP contribution in [0.4, 0.5) is 8.78 Å². The third kappa shape index (κ3) is 3.94. The number of hydrogen-bond acceptors (Lipinski definition) is 3. The summed E-state index contributed by atoms with van der Waals surface area (Å²) in [6.45, 7) is -0.00486. The summed E-state index contributed by atoms with van der Waals surface area (Å²) in [6, 6.07) is 7.33. The molecule has 0 radical (unpaired) electrons. The normalized spacial score (nSPS) is 15.8. The Kier molecular flexibility index (Phi) is 5.71. The molecule has 1 heterocycles. The number of amides is 1. The predicted molar refractivity (Wildman–Crippen MR) is 97.5 cm³/mol. The Balaban J connectivity index is 1.75. The summed E-state index contributed by atoms with van der Waals surface area (Å²) < 4.78 is 53.8. The highest BCUT2D eigenvalue weighted by atomic mass is 35.5. The minimum Gasteiger partial charge on any atom is -0.336 e. The Morgan fingerprint density at radius 1 is 0.926 bits per heavy atom. The van der Waals surface area contributed by atoms with Crippen molar-refractivity contribution in [3.63, 3.8) is 0 Å². The molecule has 0 unspecified atom stereocenters. The van der Waals surface area contributed by atoms with Crippen LogP contribution in [0.3, 0.4) is 0 Å². The number of nitrogens with zero attached hydrogens (tertiary/aromatic N) is 2. The van der Waals surface area contributed by atoms with E-state index in [0.29, 0.717) is 10.6 Å². The number of carbonyl (C=O) groups is 1. The Morgan fingerprint density at radius 3 is 2.07 bits per heavy atom. The van der Waals surface area contributed by atoms with Crippen LogP contribution in [0, 0.1) is 11.6 Å². The predicted octanol–water partition coefficient (Wildman–Crippen LogP) is 3.42. The number of benzene rings is 2. The monoisotopic (exact) mass is 434 g/mol. The van der Waals surface area contributed by atoms with E-state index >= 15 is 0 Å². The molecule has 144 valence electrons. The second kappa shape index (κ2) is 7.71. The Bertz CT molecular complexity index is 973. The van der Waals surface area contributed by atoms with Gasteiger partial charge < -0.3 is 4.90 Å². The van der Waals surface area contributed by atoms with Gasteiger partial charge in [0.2, 0.25) is 10.0 Å². The van der Waals surface area contributed by atoms with Gasteiger partial charge in [0, 0.05) is 31.7 Å². The fourth-order valence-electron chi connectivity index (χ4n) is 2.80. The molecule has 1 amide bonds. The zero-order chi connectivity index (χ0) is 19.8. The van der Waals surface area contributed by atoms with Crippen LogP contribution in [0.25, 0.3) is 0 Å². The van der Waals surface area contributed by atoms with E-state index in [2.05, 4.69) is 0 Å². The maximum atomic E-state index is 13.9. The number of piperazine rings is 1. The van der Waals surface area contributed by atoms with Gasteiger partial charge in [0.1, 0.15) is 11.6 Å². The summed E-state index contributed by atoms with van der Waals surface area (Å²) in [5.41, 5.74) is 0.320. The van der Waals surface area contributed by atoms with Gasteiger partial charge in [-0.25, -0.2) is 17.2 Å². The zero-order valence-electron chi connectivity index (χ0n) is 13.8. The molecule has 0 N–H and O–H groups in total. The molecule has 2 aromatic rings. The lowest BCUT2D eigenvalue weighted by Gasteiger charge is -2.34. The largest absolute Gasteiger partial charge is 0.336 e. The van der Waals surface area contributed by atoms with Crippen molar-refractivity contribution < 1.29 is 22.0 Å². The maximum Gasteiger partial charge on any atom is 0.253 e. The van der Waals surface area contributed by atoms with E-state index in [1.165, 1.54) is 23.1 Å². The molecule has 27 heavy (non-hydrogen) atoms. The Labute approximate surface area is 165 Å². The Morgan fingerprint density at radius 2 is 1.52 bits per heavy atom. The van der Waals surface area contributed by atoms with Crippen LogP contribution in [0.2, 0.25) is 10.0 Å². The fourth-order valence-corrected chi connectivity index (χ4v) is 4.63. The van der Waals surface area contributed by atoms with Gasteiger partial charge in [-0.3, -0.25) is 4.79 Å². The van der Waals surface area contributed by atoms with Gasteiger partial charge in [0.15, 0.2) is 4.90 Å². The van der Waals surface area contributed by atoms with Crippen LogP contribution in [-0.4, -0.2) is 49.7 Å². The summed E-state index contributed by atoms with van der Waals surface area (Å²) in [6.07, 6.45) is 0. The lowest BCUT2D eigenvalue weighted by Crippen LogP contribution is -2.50. The molecule has 3 rings (SSSR count). The van der Waals surface area contributed by atoms with E-state index in [4.69, 9.17) is 23.2 Å². The molecule has 10 heteroatoms. The van der Waals surface area contributed by atoms with Crippen LogP contribution in [0.5, 0.6) is 0 Å². The average molecular weight is 435 g/mol. The number of halogens is 4. The van der Waals surface area contributed by atoms with E-state index < -0.39 is 26.6 Å². The lowest BCUT2D eigenvalue weighted by atomic mass is 10.2. The first-order valence-corrected chi connectivity index (χ1v) is 10.1. The number of sulfonamides is 1. The molecule has 5 nitrogen and oxygen atoms in total. The van der Waals surface area contributed by atoms with Crippen LogP contribution in [0.15, 0.2) is 41.3 Å². The minimum absolute atomic E-state index is 0.0778. The van der Waals surface area contributed by atoms with Crippen molar-refractivity contribution in [3.05, 3.63) is 63.6 Å². The summed E-state index contributed by atoms with van der Waals surface area (Å²) in [5, 5.41) is 0.551. The topological polar surface area (TPSA) is 57.7 Å². The van der Waals surface area contributed by atoms with Crippen molar-refractivity contribution in [3.8, 4) is 0 Å². The van der Waals surface area contributed by atoms with E-state index in [1.807, 2.05) is 0 Å². The van der Waals surface area contributed by atoms with Crippen LogP contribution >= 0.6 is 23.2 Å². The van der Waals surface area contributed by atoms with E-state index in [9.17, 15) is 22.0 Å². The van der Waals surface area contributed by atoms with Crippen LogP contribution in [-0.2, 0) is 10.0 Å². The second-order valence-corrected chi connectivity index (χ2v) is 8.57. The van der Waals surface area contributed by atoms with E-state index in [1.54, 1.807) is 0 Å². The molecule has 2 aromatic carbocycles. The van der Waals surface area contributed by atoms with E-state index in [0.717, 1.165) is 22.5 Å². The molecule has 0 aliphatic carbocycles. The first-order valence-electron chi connectivity index (χ1n) is 7.90.